The molecule has 0 amide bonds. The number of aliphatic hydroxyl groups is 1. The van der Waals surface area contributed by atoms with Crippen molar-refractivity contribution in [2.75, 3.05) is 26.3 Å². The fourth-order valence-electron chi connectivity index (χ4n) is 1.92. The molecule has 19 heavy (non-hydrogen) atoms. The number of unbranched alkanes of at least 4 members (excludes halogenated alkanes) is 3. The molecule has 0 heterocycles. The van der Waals surface area contributed by atoms with E-state index in [1.165, 1.54) is 24.8 Å². The average Bonchev–Trinajstić information content (AvgIpc) is 2.46. The topological polar surface area (TPSA) is 41.5 Å². The summed E-state index contributed by atoms with van der Waals surface area (Å²) < 4.78 is 5.70. The van der Waals surface area contributed by atoms with Crippen molar-refractivity contribution in [1.29, 1.82) is 0 Å². The van der Waals surface area contributed by atoms with Crippen molar-refractivity contribution < 1.29 is 9.84 Å². The highest BCUT2D eigenvalue weighted by molar-refractivity contribution is 5.27. The van der Waals surface area contributed by atoms with Crippen molar-refractivity contribution in [3.8, 4) is 5.75 Å². The second-order valence-corrected chi connectivity index (χ2v) is 4.73. The molecule has 0 atom stereocenters. The lowest BCUT2D eigenvalue weighted by molar-refractivity contribution is 0.290. The first-order valence-corrected chi connectivity index (χ1v) is 7.40. The van der Waals surface area contributed by atoms with Crippen LogP contribution in [0, 0.1) is 0 Å². The molecule has 1 rings (SSSR count). The van der Waals surface area contributed by atoms with Crippen LogP contribution in [0.15, 0.2) is 24.3 Å². The normalized spacial score (nSPS) is 10.6. The highest BCUT2D eigenvalue weighted by Gasteiger charge is 1.95. The first-order chi connectivity index (χ1) is 9.36. The van der Waals surface area contributed by atoms with Crippen LogP contribution in [-0.4, -0.2) is 31.4 Å². The van der Waals surface area contributed by atoms with E-state index in [9.17, 15) is 0 Å². The maximum atomic E-state index is 8.60. The van der Waals surface area contributed by atoms with Gasteiger partial charge < -0.3 is 15.2 Å². The standard InChI is InChI=1S/C16H27NO2/c1-2-15-7-9-16(10-8-15)19-14-6-4-3-5-11-17-12-13-18/h7-10,17-18H,2-6,11-14H2,1H3. The average molecular weight is 265 g/mol. The number of hydrogen-bond acceptors (Lipinski definition) is 3. The predicted octanol–water partition coefficient (Wildman–Crippen LogP) is 2.77. The van der Waals surface area contributed by atoms with Gasteiger partial charge in [-0.2, -0.15) is 0 Å². The molecule has 0 aliphatic carbocycles. The number of aliphatic hydroxyl groups excluding tert-OH is 1. The van der Waals surface area contributed by atoms with Crippen LogP contribution in [0.2, 0.25) is 0 Å². The summed E-state index contributed by atoms with van der Waals surface area (Å²) in [6, 6.07) is 8.36. The van der Waals surface area contributed by atoms with E-state index in [0.717, 1.165) is 31.7 Å². The number of hydrogen-bond donors (Lipinski definition) is 2. The second-order valence-electron chi connectivity index (χ2n) is 4.73. The summed E-state index contributed by atoms with van der Waals surface area (Å²) in [7, 11) is 0. The van der Waals surface area contributed by atoms with E-state index in [0.29, 0.717) is 6.54 Å². The zero-order chi connectivity index (χ0) is 13.8. The number of aryl methyl sites for hydroxylation is 1. The minimum absolute atomic E-state index is 0.227. The van der Waals surface area contributed by atoms with Gasteiger partial charge in [0.05, 0.1) is 13.2 Å². The highest BCUT2D eigenvalue weighted by Crippen LogP contribution is 2.13. The summed E-state index contributed by atoms with van der Waals surface area (Å²) in [5.41, 5.74) is 1.35. The molecule has 1 aromatic rings. The monoisotopic (exact) mass is 265 g/mol. The maximum absolute atomic E-state index is 8.60. The first-order valence-electron chi connectivity index (χ1n) is 7.40. The first kappa shape index (κ1) is 16.0. The molecule has 2 N–H and O–H groups in total. The van der Waals surface area contributed by atoms with Crippen LogP contribution in [0.1, 0.15) is 38.2 Å². The van der Waals surface area contributed by atoms with Crippen LogP contribution >= 0.6 is 0 Å². The molecule has 1 aromatic carbocycles. The minimum Gasteiger partial charge on any atom is -0.494 e. The fourth-order valence-corrected chi connectivity index (χ4v) is 1.92. The molecule has 0 aliphatic rings. The zero-order valence-electron chi connectivity index (χ0n) is 12.0. The lowest BCUT2D eigenvalue weighted by Gasteiger charge is -2.07. The van der Waals surface area contributed by atoms with Gasteiger partial charge in [0.2, 0.25) is 0 Å². The van der Waals surface area contributed by atoms with Gasteiger partial charge in [0, 0.05) is 6.54 Å². The van der Waals surface area contributed by atoms with Crippen molar-refractivity contribution in [3.05, 3.63) is 29.8 Å². The van der Waals surface area contributed by atoms with Crippen molar-refractivity contribution >= 4 is 0 Å². The van der Waals surface area contributed by atoms with E-state index >= 15 is 0 Å². The van der Waals surface area contributed by atoms with E-state index in [4.69, 9.17) is 9.84 Å². The predicted molar refractivity (Wildman–Crippen MR) is 79.7 cm³/mol. The van der Waals surface area contributed by atoms with Gasteiger partial charge in [-0.3, -0.25) is 0 Å². The molecular weight excluding hydrogens is 238 g/mol. The Morgan fingerprint density at radius 3 is 2.42 bits per heavy atom. The Balaban J connectivity index is 1.95. The highest BCUT2D eigenvalue weighted by atomic mass is 16.5. The Morgan fingerprint density at radius 1 is 1.00 bits per heavy atom. The van der Waals surface area contributed by atoms with Crippen LogP contribution < -0.4 is 10.1 Å². The van der Waals surface area contributed by atoms with Crippen molar-refractivity contribution in [1.82, 2.24) is 5.32 Å². The maximum Gasteiger partial charge on any atom is 0.119 e. The third-order valence-corrected chi connectivity index (χ3v) is 3.14. The van der Waals surface area contributed by atoms with Gasteiger partial charge in [-0.15, -0.1) is 0 Å². The quantitative estimate of drug-likeness (QED) is 0.605. The van der Waals surface area contributed by atoms with Gasteiger partial charge in [-0.05, 0) is 43.5 Å². The van der Waals surface area contributed by atoms with Crippen LogP contribution in [0.25, 0.3) is 0 Å². The largest absolute Gasteiger partial charge is 0.494 e. The Kier molecular flexibility index (Phi) is 9.11. The summed E-state index contributed by atoms with van der Waals surface area (Å²) in [6.45, 7) is 4.89. The van der Waals surface area contributed by atoms with Crippen molar-refractivity contribution in [2.45, 2.75) is 39.0 Å². The van der Waals surface area contributed by atoms with Gasteiger partial charge in [0.1, 0.15) is 5.75 Å². The van der Waals surface area contributed by atoms with Crippen LogP contribution in [-0.2, 0) is 6.42 Å². The smallest absolute Gasteiger partial charge is 0.119 e. The summed E-state index contributed by atoms with van der Waals surface area (Å²) >= 11 is 0. The molecule has 3 nitrogen and oxygen atoms in total. The molecule has 3 heteroatoms. The second kappa shape index (κ2) is 10.8. The van der Waals surface area contributed by atoms with E-state index < -0.39 is 0 Å². The van der Waals surface area contributed by atoms with Gasteiger partial charge in [-0.25, -0.2) is 0 Å². The molecule has 0 saturated carbocycles. The molecule has 108 valence electrons. The minimum atomic E-state index is 0.227. The molecule has 0 aliphatic heterocycles. The molecule has 0 radical (unpaired) electrons. The molecule has 0 aromatic heterocycles. The Bertz CT molecular complexity index is 311. The summed E-state index contributed by atoms with van der Waals surface area (Å²) in [6.07, 6.45) is 5.77. The van der Waals surface area contributed by atoms with E-state index in [-0.39, 0.29) is 6.61 Å². The van der Waals surface area contributed by atoms with Crippen LogP contribution in [0.4, 0.5) is 0 Å². The third kappa shape index (κ3) is 7.85. The van der Waals surface area contributed by atoms with Crippen molar-refractivity contribution in [2.24, 2.45) is 0 Å². The summed E-state index contributed by atoms with van der Waals surface area (Å²) in [5, 5.41) is 11.8. The van der Waals surface area contributed by atoms with Gasteiger partial charge in [-0.1, -0.05) is 31.9 Å². The van der Waals surface area contributed by atoms with Gasteiger partial charge >= 0.3 is 0 Å². The van der Waals surface area contributed by atoms with E-state index in [2.05, 4.69) is 36.5 Å². The Hall–Kier alpha value is -1.06. The fraction of sp³-hybridized carbons (Fsp3) is 0.625. The Morgan fingerprint density at radius 2 is 1.74 bits per heavy atom. The molecular formula is C16H27NO2. The Labute approximate surface area is 117 Å². The summed E-state index contributed by atoms with van der Waals surface area (Å²) in [5.74, 6) is 0.974. The molecule has 0 unspecified atom stereocenters. The molecule has 0 spiro atoms. The van der Waals surface area contributed by atoms with Crippen molar-refractivity contribution in [3.63, 3.8) is 0 Å². The molecule has 0 saturated heterocycles. The SMILES string of the molecule is CCc1ccc(OCCCCCCNCCO)cc1. The third-order valence-electron chi connectivity index (χ3n) is 3.14. The summed E-state index contributed by atoms with van der Waals surface area (Å²) in [4.78, 5) is 0. The van der Waals surface area contributed by atoms with Gasteiger partial charge in [0.15, 0.2) is 0 Å². The molecule has 0 fully saturated rings. The zero-order valence-corrected chi connectivity index (χ0v) is 12.0. The number of benzene rings is 1. The number of nitrogens with one attached hydrogen (secondary N) is 1. The van der Waals surface area contributed by atoms with Gasteiger partial charge in [0.25, 0.3) is 0 Å². The molecule has 0 bridgehead atoms. The van der Waals surface area contributed by atoms with Crippen LogP contribution in [0.5, 0.6) is 5.75 Å². The van der Waals surface area contributed by atoms with Crippen LogP contribution in [0.3, 0.4) is 0 Å². The lowest BCUT2D eigenvalue weighted by Crippen LogP contribution is -2.19. The lowest BCUT2D eigenvalue weighted by atomic mass is 10.2. The number of rotatable bonds is 11. The van der Waals surface area contributed by atoms with E-state index in [1.54, 1.807) is 0 Å². The number of ether oxygens (including phenoxy) is 1. The van der Waals surface area contributed by atoms with E-state index in [1.807, 2.05) is 0 Å².